The van der Waals surface area contributed by atoms with Crippen molar-refractivity contribution in [2.45, 2.75) is 38.0 Å². The Morgan fingerprint density at radius 1 is 1.02 bits per heavy atom. The number of para-hydroxylation sites is 1. The van der Waals surface area contributed by atoms with Crippen LogP contribution in [0, 0.1) is 12.4 Å². The fourth-order valence-corrected chi connectivity index (χ4v) is 5.94. The molecule has 4 aromatic rings. The molecule has 9 nitrogen and oxygen atoms in total. The van der Waals surface area contributed by atoms with Gasteiger partial charge in [-0.25, -0.2) is 9.07 Å². The van der Waals surface area contributed by atoms with Gasteiger partial charge in [0.15, 0.2) is 0 Å². The normalized spacial score (nSPS) is 16.1. The highest BCUT2D eigenvalue weighted by molar-refractivity contribution is 6.05. The third kappa shape index (κ3) is 7.18. The van der Waals surface area contributed by atoms with E-state index in [9.17, 15) is 27.2 Å². The van der Waals surface area contributed by atoms with Gasteiger partial charge >= 0.3 is 6.18 Å². The van der Waals surface area contributed by atoms with Gasteiger partial charge in [-0.3, -0.25) is 14.5 Å². The molecular weight excluding hydrogens is 626 g/mol. The van der Waals surface area contributed by atoms with Crippen LogP contribution < -0.4 is 10.2 Å². The summed E-state index contributed by atoms with van der Waals surface area (Å²) >= 11 is 0. The zero-order chi connectivity index (χ0) is 34.6. The van der Waals surface area contributed by atoms with E-state index in [1.165, 1.54) is 35.2 Å². The van der Waals surface area contributed by atoms with E-state index in [2.05, 4.69) is 10.3 Å². The van der Waals surface area contributed by atoms with Crippen molar-refractivity contribution in [1.29, 1.82) is 0 Å². The van der Waals surface area contributed by atoms with E-state index in [4.69, 9.17) is 11.7 Å². The lowest BCUT2D eigenvalue weighted by atomic mass is 9.80. The molecule has 1 aliphatic rings. The summed E-state index contributed by atoms with van der Waals surface area (Å²) in [6.45, 7) is 11.1. The highest BCUT2D eigenvalue weighted by atomic mass is 19.4. The summed E-state index contributed by atoms with van der Waals surface area (Å²) < 4.78 is 56.4. The molecule has 2 heterocycles. The van der Waals surface area contributed by atoms with Crippen molar-refractivity contribution in [3.63, 3.8) is 0 Å². The van der Waals surface area contributed by atoms with Crippen LogP contribution in [-0.2, 0) is 17.5 Å². The van der Waals surface area contributed by atoms with Crippen LogP contribution in [0.1, 0.15) is 52.0 Å². The number of likely N-dealkylation sites (N-methyl/N-ethyl adjacent to an activating group) is 1. The van der Waals surface area contributed by atoms with Crippen molar-refractivity contribution < 1.29 is 27.2 Å². The molecule has 0 radical (unpaired) electrons. The number of nitrogens with one attached hydrogen (secondary N) is 1. The van der Waals surface area contributed by atoms with Gasteiger partial charge in [0.05, 0.1) is 23.5 Å². The number of hydrogen-bond donors (Lipinski definition) is 1. The predicted octanol–water partition coefficient (Wildman–Crippen LogP) is 5.92. The second kappa shape index (κ2) is 14.3. The lowest BCUT2D eigenvalue weighted by Gasteiger charge is -2.38. The second-order valence-electron chi connectivity index (χ2n) is 11.7. The van der Waals surface area contributed by atoms with E-state index in [0.29, 0.717) is 41.3 Å². The first-order chi connectivity index (χ1) is 22.9. The average molecular weight is 662 g/mol. The first kappa shape index (κ1) is 34.1. The van der Waals surface area contributed by atoms with Gasteiger partial charge < -0.3 is 10.2 Å². The van der Waals surface area contributed by atoms with Gasteiger partial charge in [-0.1, -0.05) is 36.4 Å². The minimum atomic E-state index is -4.68. The van der Waals surface area contributed by atoms with Crippen molar-refractivity contribution in [2.75, 3.05) is 38.6 Å². The van der Waals surface area contributed by atoms with E-state index in [0.717, 1.165) is 24.7 Å². The largest absolute Gasteiger partial charge is 0.416 e. The molecule has 0 saturated heterocycles. The molecular formula is C35H35F4N7O2. The lowest BCUT2D eigenvalue weighted by Crippen LogP contribution is -2.55. The number of nitrogens with zero attached hydrogens (tertiary/aromatic N) is 6. The molecule has 2 amide bonds. The number of benzene rings is 3. The first-order valence-corrected chi connectivity index (χ1v) is 15.4. The first-order valence-electron chi connectivity index (χ1n) is 15.4. The van der Waals surface area contributed by atoms with Gasteiger partial charge in [-0.15, -0.1) is 5.01 Å². The number of fused-ring (bicyclic) bond motifs is 1. The molecule has 1 aromatic heterocycles. The third-order valence-corrected chi connectivity index (χ3v) is 8.19. The number of alkyl halides is 3. The predicted molar refractivity (Wildman–Crippen MR) is 173 cm³/mol. The van der Waals surface area contributed by atoms with E-state index in [1.807, 2.05) is 49.3 Å². The SMILES string of the molecule is [C-]#[N+]N(CCCN(C)C)Cc1nn(-c2ccccc2)c2c1[C@H](c1ccc(F)cc1)[C@H](NC(=O)c1cccc(C(F)(F)F)c1)C(=O)N2CC. The lowest BCUT2D eigenvalue weighted by molar-refractivity contribution is -0.137. The van der Waals surface area contributed by atoms with Gasteiger partial charge in [0.25, 0.3) is 11.8 Å². The van der Waals surface area contributed by atoms with Gasteiger partial charge in [0.1, 0.15) is 24.2 Å². The summed E-state index contributed by atoms with van der Waals surface area (Å²) in [5.41, 5.74) is 0.863. The summed E-state index contributed by atoms with van der Waals surface area (Å²) in [6, 6.07) is 17.3. The smallest absolute Gasteiger partial charge is 0.339 e. The van der Waals surface area contributed by atoms with Gasteiger partial charge in [0, 0.05) is 23.6 Å². The van der Waals surface area contributed by atoms with Crippen LogP contribution in [0.15, 0.2) is 78.9 Å². The Morgan fingerprint density at radius 2 is 1.73 bits per heavy atom. The van der Waals surface area contributed by atoms with E-state index in [-0.39, 0.29) is 18.7 Å². The van der Waals surface area contributed by atoms with E-state index in [1.54, 1.807) is 16.6 Å². The highest BCUT2D eigenvalue weighted by Gasteiger charge is 2.46. The molecule has 1 aliphatic heterocycles. The number of rotatable bonds is 11. The monoisotopic (exact) mass is 661 g/mol. The molecule has 0 fully saturated rings. The standard InChI is InChI=1S/C35H35F4N7O2/c1-5-45-33-30(28(22-44(40-2)20-10-19-43(3)4)42-46(33)27-13-7-6-8-14-27)29(23-15-17-26(36)18-16-23)31(34(45)48)41-32(47)24-11-9-12-25(21-24)35(37,38)39/h6-9,11-18,21,29,31H,5,10,19-20,22H2,1,3-4H3,(H,41,47)/t29-,31-/m0/s1. The summed E-state index contributed by atoms with van der Waals surface area (Å²) in [5, 5.41) is 9.21. The molecule has 48 heavy (non-hydrogen) atoms. The molecule has 250 valence electrons. The van der Waals surface area contributed by atoms with Crippen LogP contribution in [0.4, 0.5) is 23.4 Å². The molecule has 5 rings (SSSR count). The fraction of sp³-hybridized carbons (Fsp3) is 0.314. The van der Waals surface area contributed by atoms with Crippen molar-refractivity contribution in [1.82, 2.24) is 25.0 Å². The molecule has 0 saturated carbocycles. The van der Waals surface area contributed by atoms with Crippen molar-refractivity contribution in [3.05, 3.63) is 124 Å². The zero-order valence-corrected chi connectivity index (χ0v) is 26.7. The quantitative estimate of drug-likeness (QED) is 0.123. The number of anilines is 1. The van der Waals surface area contributed by atoms with Crippen LogP contribution in [0.2, 0.25) is 0 Å². The molecule has 13 heteroatoms. The summed E-state index contributed by atoms with van der Waals surface area (Å²) in [4.78, 5) is 35.2. The second-order valence-corrected chi connectivity index (χ2v) is 11.7. The van der Waals surface area contributed by atoms with E-state index < -0.39 is 41.3 Å². The highest BCUT2D eigenvalue weighted by Crippen LogP contribution is 2.44. The summed E-state index contributed by atoms with van der Waals surface area (Å²) in [5.74, 6) is -2.40. The van der Waals surface area contributed by atoms with Gasteiger partial charge in [0.2, 0.25) is 0 Å². The molecule has 1 N–H and O–H groups in total. The van der Waals surface area contributed by atoms with Crippen LogP contribution in [-0.4, -0.2) is 71.3 Å². The van der Waals surface area contributed by atoms with Crippen LogP contribution in [0.25, 0.3) is 10.6 Å². The minimum Gasteiger partial charge on any atom is -0.339 e. The zero-order valence-electron chi connectivity index (χ0n) is 26.7. The Morgan fingerprint density at radius 3 is 2.35 bits per heavy atom. The molecule has 2 atom stereocenters. The molecule has 0 spiro atoms. The third-order valence-electron chi connectivity index (χ3n) is 8.19. The average Bonchev–Trinajstić information content (AvgIpc) is 3.43. The number of carbonyl (C=O) groups excluding carboxylic acids is 2. The van der Waals surface area contributed by atoms with Crippen molar-refractivity contribution in [2.24, 2.45) is 0 Å². The van der Waals surface area contributed by atoms with E-state index >= 15 is 0 Å². The maximum atomic E-state index is 14.4. The topological polar surface area (TPSA) is 78.1 Å². The Bertz CT molecular complexity index is 1800. The van der Waals surface area contributed by atoms with Crippen LogP contribution in [0.5, 0.6) is 0 Å². The summed E-state index contributed by atoms with van der Waals surface area (Å²) in [6.07, 6.45) is -3.97. The van der Waals surface area contributed by atoms with Gasteiger partial charge in [-0.2, -0.15) is 29.8 Å². The maximum absolute atomic E-state index is 14.4. The molecule has 3 aromatic carbocycles. The summed E-state index contributed by atoms with van der Waals surface area (Å²) in [7, 11) is 3.88. The van der Waals surface area contributed by atoms with Crippen LogP contribution >= 0.6 is 0 Å². The molecule has 0 bridgehead atoms. The number of halogens is 4. The number of hydrogen-bond acceptors (Lipinski definition) is 5. The number of carbonyl (C=O) groups is 2. The number of aromatic nitrogens is 2. The van der Waals surface area contributed by atoms with Gasteiger partial charge in [-0.05, 0) is 82.0 Å². The maximum Gasteiger partial charge on any atom is 0.416 e. The van der Waals surface area contributed by atoms with Crippen molar-refractivity contribution in [3.8, 4) is 5.69 Å². The Kier molecular flexibility index (Phi) is 10.1. The Hall–Kier alpha value is -5.22. The van der Waals surface area contributed by atoms with Crippen molar-refractivity contribution >= 4 is 17.6 Å². The Labute approximate surface area is 276 Å². The fourth-order valence-electron chi connectivity index (χ4n) is 5.94. The van der Waals surface area contributed by atoms with Crippen LogP contribution in [0.3, 0.4) is 0 Å². The minimum absolute atomic E-state index is 0.0802. The molecule has 0 aliphatic carbocycles. The number of amides is 2. The Balaban J connectivity index is 1.68. The molecule has 0 unspecified atom stereocenters.